The SMILES string of the molecule is COc1ccccc1C(NC(=O)C1Cc2ccccc2S1)c1nccn1C. The Kier molecular flexibility index (Phi) is 4.90. The number of amides is 1. The zero-order valence-corrected chi connectivity index (χ0v) is 16.1. The maximum atomic E-state index is 13.1. The van der Waals surface area contributed by atoms with Gasteiger partial charge in [-0.25, -0.2) is 4.98 Å². The zero-order valence-electron chi connectivity index (χ0n) is 15.3. The number of nitrogens with zero attached hydrogens (tertiary/aromatic N) is 2. The normalized spacial score (nSPS) is 16.6. The van der Waals surface area contributed by atoms with E-state index in [2.05, 4.69) is 22.4 Å². The molecule has 5 nitrogen and oxygen atoms in total. The summed E-state index contributed by atoms with van der Waals surface area (Å²) in [7, 11) is 3.57. The van der Waals surface area contributed by atoms with Gasteiger partial charge in [0.05, 0.1) is 12.4 Å². The van der Waals surface area contributed by atoms with Crippen molar-refractivity contribution in [1.82, 2.24) is 14.9 Å². The minimum Gasteiger partial charge on any atom is -0.496 e. The van der Waals surface area contributed by atoms with E-state index in [1.54, 1.807) is 25.1 Å². The molecule has 0 radical (unpaired) electrons. The van der Waals surface area contributed by atoms with E-state index in [1.807, 2.05) is 54.2 Å². The molecule has 0 saturated carbocycles. The monoisotopic (exact) mass is 379 g/mol. The smallest absolute Gasteiger partial charge is 0.234 e. The fourth-order valence-electron chi connectivity index (χ4n) is 3.41. The lowest BCUT2D eigenvalue weighted by Gasteiger charge is -2.22. The van der Waals surface area contributed by atoms with Crippen LogP contribution in [0.15, 0.2) is 65.8 Å². The maximum absolute atomic E-state index is 13.1. The van der Waals surface area contributed by atoms with Crippen LogP contribution in [0.4, 0.5) is 0 Å². The number of para-hydroxylation sites is 1. The number of thioether (sulfide) groups is 1. The summed E-state index contributed by atoms with van der Waals surface area (Å²) in [5, 5.41) is 3.07. The second-order valence-corrected chi connectivity index (χ2v) is 7.74. The standard InChI is InChI=1S/C21H21N3O2S/c1-24-12-11-22-20(24)19(15-8-4-5-9-16(15)26-2)23-21(25)18-13-14-7-3-6-10-17(14)27-18/h3-12,18-19H,13H2,1-2H3,(H,23,25). The predicted octanol–water partition coefficient (Wildman–Crippen LogP) is 3.35. The number of methoxy groups -OCH3 is 1. The third-order valence-electron chi connectivity index (χ3n) is 4.79. The number of ether oxygens (including phenoxy) is 1. The van der Waals surface area contributed by atoms with E-state index in [0.29, 0.717) is 0 Å². The molecular formula is C21H21N3O2S. The number of benzene rings is 2. The van der Waals surface area contributed by atoms with Crippen molar-refractivity contribution >= 4 is 17.7 Å². The molecule has 0 spiro atoms. The molecule has 1 aromatic heterocycles. The van der Waals surface area contributed by atoms with Gasteiger partial charge in [-0.2, -0.15) is 0 Å². The summed E-state index contributed by atoms with van der Waals surface area (Å²) in [6, 6.07) is 15.5. The Bertz CT molecular complexity index is 944. The predicted molar refractivity (Wildman–Crippen MR) is 106 cm³/mol. The van der Waals surface area contributed by atoms with Gasteiger partial charge in [-0.15, -0.1) is 11.8 Å². The topological polar surface area (TPSA) is 56.1 Å². The van der Waals surface area contributed by atoms with Crippen LogP contribution in [0.1, 0.15) is 23.0 Å². The van der Waals surface area contributed by atoms with E-state index in [9.17, 15) is 4.79 Å². The zero-order chi connectivity index (χ0) is 18.8. The van der Waals surface area contributed by atoms with Gasteiger partial charge in [-0.1, -0.05) is 36.4 Å². The molecule has 1 amide bonds. The molecule has 0 saturated heterocycles. The first-order valence-corrected chi connectivity index (χ1v) is 9.70. The van der Waals surface area contributed by atoms with E-state index in [1.165, 1.54) is 10.5 Å². The molecular weight excluding hydrogens is 358 g/mol. The van der Waals surface area contributed by atoms with Crippen LogP contribution in [0, 0.1) is 0 Å². The molecule has 2 heterocycles. The van der Waals surface area contributed by atoms with E-state index in [4.69, 9.17) is 4.74 Å². The van der Waals surface area contributed by atoms with Gasteiger partial charge >= 0.3 is 0 Å². The van der Waals surface area contributed by atoms with Crippen molar-refractivity contribution in [2.45, 2.75) is 22.6 Å². The Labute approximate surface area is 162 Å². The number of hydrogen-bond acceptors (Lipinski definition) is 4. The maximum Gasteiger partial charge on any atom is 0.234 e. The van der Waals surface area contributed by atoms with Crippen LogP contribution < -0.4 is 10.1 Å². The summed E-state index contributed by atoms with van der Waals surface area (Å²) in [6.45, 7) is 0. The molecule has 4 rings (SSSR count). The number of nitrogens with one attached hydrogen (secondary N) is 1. The van der Waals surface area contributed by atoms with Crippen LogP contribution in [0.3, 0.4) is 0 Å². The summed E-state index contributed by atoms with van der Waals surface area (Å²) in [5.74, 6) is 1.51. The minimum atomic E-state index is -0.377. The summed E-state index contributed by atoms with van der Waals surface area (Å²) >= 11 is 1.62. The molecule has 1 aliphatic rings. The van der Waals surface area contributed by atoms with Gasteiger partial charge in [0, 0.05) is 29.9 Å². The number of hydrogen-bond donors (Lipinski definition) is 1. The van der Waals surface area contributed by atoms with Crippen molar-refractivity contribution in [3.63, 3.8) is 0 Å². The number of aromatic nitrogens is 2. The van der Waals surface area contributed by atoms with Crippen molar-refractivity contribution in [1.29, 1.82) is 0 Å². The van der Waals surface area contributed by atoms with Crippen molar-refractivity contribution in [2.24, 2.45) is 7.05 Å². The number of carbonyl (C=O) groups excluding carboxylic acids is 1. The molecule has 3 aromatic rings. The Morgan fingerprint density at radius 2 is 2.04 bits per heavy atom. The quantitative estimate of drug-likeness (QED) is 0.739. The van der Waals surface area contributed by atoms with Crippen LogP contribution in [-0.2, 0) is 18.3 Å². The highest BCUT2D eigenvalue weighted by Crippen LogP contribution is 2.37. The van der Waals surface area contributed by atoms with Gasteiger partial charge in [0.15, 0.2) is 0 Å². The van der Waals surface area contributed by atoms with E-state index in [0.717, 1.165) is 23.6 Å². The Morgan fingerprint density at radius 3 is 2.78 bits per heavy atom. The highest BCUT2D eigenvalue weighted by Gasteiger charge is 2.31. The number of rotatable bonds is 5. The average Bonchev–Trinajstić information content (AvgIpc) is 3.32. The van der Waals surface area contributed by atoms with Gasteiger partial charge < -0.3 is 14.6 Å². The van der Waals surface area contributed by atoms with Crippen LogP contribution in [0.25, 0.3) is 0 Å². The van der Waals surface area contributed by atoms with Crippen molar-refractivity contribution in [3.05, 3.63) is 77.9 Å². The largest absolute Gasteiger partial charge is 0.496 e. The average molecular weight is 379 g/mol. The fraction of sp³-hybridized carbons (Fsp3) is 0.238. The van der Waals surface area contributed by atoms with Gasteiger partial charge in [0.1, 0.15) is 17.6 Å². The van der Waals surface area contributed by atoms with Crippen molar-refractivity contribution in [3.8, 4) is 5.75 Å². The van der Waals surface area contributed by atoms with Crippen LogP contribution in [0.2, 0.25) is 0 Å². The van der Waals surface area contributed by atoms with E-state index < -0.39 is 0 Å². The Balaban J connectivity index is 1.63. The second-order valence-electron chi connectivity index (χ2n) is 6.50. The van der Waals surface area contributed by atoms with Gasteiger partial charge in [-0.05, 0) is 24.1 Å². The third kappa shape index (κ3) is 3.45. The summed E-state index contributed by atoms with van der Waals surface area (Å²) in [6.07, 6.45) is 4.36. The van der Waals surface area contributed by atoms with E-state index in [-0.39, 0.29) is 17.2 Å². The number of aryl methyl sites for hydroxylation is 1. The fourth-order valence-corrected chi connectivity index (χ4v) is 4.61. The summed E-state index contributed by atoms with van der Waals surface area (Å²) in [5.41, 5.74) is 2.12. The number of carbonyl (C=O) groups is 1. The molecule has 27 heavy (non-hydrogen) atoms. The van der Waals surface area contributed by atoms with E-state index >= 15 is 0 Å². The first-order valence-electron chi connectivity index (χ1n) is 8.82. The van der Waals surface area contributed by atoms with Crippen LogP contribution >= 0.6 is 11.8 Å². The van der Waals surface area contributed by atoms with Gasteiger partial charge in [-0.3, -0.25) is 4.79 Å². The Morgan fingerprint density at radius 1 is 1.26 bits per heavy atom. The number of imidazole rings is 1. The molecule has 0 fully saturated rings. The van der Waals surface area contributed by atoms with Gasteiger partial charge in [0.25, 0.3) is 0 Å². The highest BCUT2D eigenvalue weighted by atomic mass is 32.2. The molecule has 0 bridgehead atoms. The number of fused-ring (bicyclic) bond motifs is 1. The molecule has 138 valence electrons. The summed E-state index contributed by atoms with van der Waals surface area (Å²) < 4.78 is 7.45. The lowest BCUT2D eigenvalue weighted by atomic mass is 10.0. The van der Waals surface area contributed by atoms with Crippen LogP contribution in [-0.4, -0.2) is 27.8 Å². The van der Waals surface area contributed by atoms with Gasteiger partial charge in [0.2, 0.25) is 5.91 Å². The molecule has 2 unspecified atom stereocenters. The third-order valence-corrected chi connectivity index (χ3v) is 6.11. The lowest BCUT2D eigenvalue weighted by Crippen LogP contribution is -2.37. The first-order chi connectivity index (χ1) is 13.2. The molecule has 6 heteroatoms. The molecule has 1 N–H and O–H groups in total. The summed E-state index contributed by atoms with van der Waals surface area (Å²) in [4.78, 5) is 18.8. The lowest BCUT2D eigenvalue weighted by molar-refractivity contribution is -0.121. The molecule has 2 aromatic carbocycles. The molecule has 0 aliphatic carbocycles. The van der Waals surface area contributed by atoms with Crippen molar-refractivity contribution in [2.75, 3.05) is 7.11 Å². The molecule has 1 aliphatic heterocycles. The van der Waals surface area contributed by atoms with Crippen LogP contribution in [0.5, 0.6) is 5.75 Å². The highest BCUT2D eigenvalue weighted by molar-refractivity contribution is 8.01. The minimum absolute atomic E-state index is 0.00936. The first kappa shape index (κ1) is 17.7. The Hall–Kier alpha value is -2.73. The van der Waals surface area contributed by atoms with Crippen molar-refractivity contribution < 1.29 is 9.53 Å². The molecule has 2 atom stereocenters. The second kappa shape index (κ2) is 7.48.